The van der Waals surface area contributed by atoms with Gasteiger partial charge < -0.3 is 4.74 Å². The maximum Gasteiger partial charge on any atom is 0.277 e. The van der Waals surface area contributed by atoms with E-state index >= 15 is 0 Å². The van der Waals surface area contributed by atoms with Gasteiger partial charge in [-0.25, -0.2) is 9.82 Å². The molecule has 0 spiro atoms. The predicted octanol–water partition coefficient (Wildman–Crippen LogP) is 3.95. The Kier molecular flexibility index (Phi) is 6.30. The van der Waals surface area contributed by atoms with Gasteiger partial charge in [-0.3, -0.25) is 4.79 Å². The molecule has 3 aromatic rings. The molecule has 1 amide bonds. The van der Waals surface area contributed by atoms with Gasteiger partial charge in [0.25, 0.3) is 5.91 Å². The van der Waals surface area contributed by atoms with Crippen LogP contribution in [-0.2, 0) is 11.2 Å². The maximum atomic E-state index is 12.8. The predicted molar refractivity (Wildman–Crippen MR) is 103 cm³/mol. The zero-order valence-electron chi connectivity index (χ0n) is 14.6. The van der Waals surface area contributed by atoms with Crippen molar-refractivity contribution >= 4 is 12.1 Å². The number of hydrazone groups is 1. The first-order valence-electron chi connectivity index (χ1n) is 8.53. The fraction of sp³-hybridized carbons (Fsp3) is 0.0909. The van der Waals surface area contributed by atoms with Crippen LogP contribution in [0.1, 0.15) is 16.7 Å². The molecule has 27 heavy (non-hydrogen) atoms. The zero-order chi connectivity index (χ0) is 18.9. The minimum absolute atomic E-state index is 0.146. The van der Waals surface area contributed by atoms with Crippen LogP contribution in [0.3, 0.4) is 0 Å². The first-order valence-corrected chi connectivity index (χ1v) is 8.53. The number of amides is 1. The normalized spacial score (nSPS) is 10.7. The van der Waals surface area contributed by atoms with Crippen LogP contribution in [0.25, 0.3) is 0 Å². The van der Waals surface area contributed by atoms with Crippen molar-refractivity contribution in [1.29, 1.82) is 0 Å². The molecule has 0 aliphatic carbocycles. The minimum atomic E-state index is -0.372. The highest BCUT2D eigenvalue weighted by atomic mass is 19.1. The van der Waals surface area contributed by atoms with Crippen LogP contribution in [0.5, 0.6) is 5.75 Å². The van der Waals surface area contributed by atoms with E-state index in [-0.39, 0.29) is 18.3 Å². The average Bonchev–Trinajstić information content (AvgIpc) is 2.70. The number of nitrogens with one attached hydrogen (secondary N) is 1. The molecular weight excluding hydrogens is 343 g/mol. The highest BCUT2D eigenvalue weighted by Crippen LogP contribution is 2.21. The van der Waals surface area contributed by atoms with Crippen molar-refractivity contribution in [3.8, 4) is 5.75 Å². The summed E-state index contributed by atoms with van der Waals surface area (Å²) in [6.45, 7) is -0.146. The third kappa shape index (κ3) is 5.78. The van der Waals surface area contributed by atoms with Crippen molar-refractivity contribution in [2.75, 3.05) is 6.61 Å². The molecule has 3 aromatic carbocycles. The van der Waals surface area contributed by atoms with Gasteiger partial charge in [0, 0.05) is 6.42 Å². The summed E-state index contributed by atoms with van der Waals surface area (Å²) < 4.78 is 18.5. The zero-order valence-corrected chi connectivity index (χ0v) is 14.6. The van der Waals surface area contributed by atoms with E-state index in [0.717, 1.165) is 12.0 Å². The van der Waals surface area contributed by atoms with Crippen molar-refractivity contribution in [3.63, 3.8) is 0 Å². The second kappa shape index (κ2) is 9.29. The second-order valence-corrected chi connectivity index (χ2v) is 5.90. The third-order valence-corrected chi connectivity index (χ3v) is 3.84. The highest BCUT2D eigenvalue weighted by Gasteiger charge is 2.07. The summed E-state index contributed by atoms with van der Waals surface area (Å²) in [6.07, 6.45) is 2.17. The minimum Gasteiger partial charge on any atom is -0.483 e. The number of nitrogens with zero attached hydrogens (tertiary/aromatic N) is 1. The molecule has 0 fully saturated rings. The molecule has 5 heteroatoms. The molecule has 0 atom stereocenters. The molecule has 0 saturated heterocycles. The van der Waals surface area contributed by atoms with Crippen LogP contribution in [0.4, 0.5) is 4.39 Å². The molecule has 0 aliphatic heterocycles. The Morgan fingerprint density at radius 1 is 0.963 bits per heavy atom. The third-order valence-electron chi connectivity index (χ3n) is 3.84. The molecule has 136 valence electrons. The fourth-order valence-electron chi connectivity index (χ4n) is 2.51. The molecule has 0 unspecified atom stereocenters. The van der Waals surface area contributed by atoms with E-state index in [2.05, 4.69) is 10.5 Å². The molecular formula is C22H19FN2O2. The highest BCUT2D eigenvalue weighted by molar-refractivity contribution is 5.82. The molecule has 0 saturated carbocycles. The van der Waals surface area contributed by atoms with Crippen LogP contribution >= 0.6 is 0 Å². The number of benzene rings is 3. The standard InChI is InChI=1S/C22H19FN2O2/c23-20-12-10-18(11-13-20)15-24-25-22(26)16-27-21-9-5-4-8-19(21)14-17-6-2-1-3-7-17/h1-13,15H,14,16H2,(H,25,26)/b24-15-. The fourth-order valence-corrected chi connectivity index (χ4v) is 2.51. The number of hydrogen-bond acceptors (Lipinski definition) is 3. The maximum absolute atomic E-state index is 12.8. The van der Waals surface area contributed by atoms with Crippen LogP contribution in [0.15, 0.2) is 84.0 Å². The van der Waals surface area contributed by atoms with E-state index in [1.165, 1.54) is 23.9 Å². The summed E-state index contributed by atoms with van der Waals surface area (Å²) in [5.74, 6) is -0.0272. The van der Waals surface area contributed by atoms with Crippen LogP contribution in [0.2, 0.25) is 0 Å². The number of rotatable bonds is 7. The summed E-state index contributed by atoms with van der Waals surface area (Å²) in [6, 6.07) is 23.5. The van der Waals surface area contributed by atoms with Gasteiger partial charge in [-0.15, -0.1) is 0 Å². The number of carbonyl (C=O) groups excluding carboxylic acids is 1. The van der Waals surface area contributed by atoms with Crippen LogP contribution < -0.4 is 10.2 Å². The van der Waals surface area contributed by atoms with E-state index < -0.39 is 0 Å². The van der Waals surface area contributed by atoms with E-state index in [1.54, 1.807) is 12.1 Å². The van der Waals surface area contributed by atoms with Gasteiger partial charge in [0.15, 0.2) is 6.61 Å². The first kappa shape index (κ1) is 18.3. The molecule has 3 rings (SSSR count). The van der Waals surface area contributed by atoms with Crippen LogP contribution in [0, 0.1) is 5.82 Å². The number of halogens is 1. The van der Waals surface area contributed by atoms with Crippen molar-refractivity contribution < 1.29 is 13.9 Å². The smallest absolute Gasteiger partial charge is 0.277 e. The quantitative estimate of drug-likeness (QED) is 0.511. The van der Waals surface area contributed by atoms with Crippen molar-refractivity contribution in [1.82, 2.24) is 5.43 Å². The lowest BCUT2D eigenvalue weighted by molar-refractivity contribution is -0.123. The number of hydrogen-bond donors (Lipinski definition) is 1. The van der Waals surface area contributed by atoms with E-state index in [1.807, 2.05) is 54.6 Å². The largest absolute Gasteiger partial charge is 0.483 e. The second-order valence-electron chi connectivity index (χ2n) is 5.90. The summed E-state index contributed by atoms with van der Waals surface area (Å²) >= 11 is 0. The molecule has 0 aromatic heterocycles. The van der Waals surface area contributed by atoms with Crippen molar-refractivity contribution in [2.45, 2.75) is 6.42 Å². The lowest BCUT2D eigenvalue weighted by Crippen LogP contribution is -2.24. The number of ether oxygens (including phenoxy) is 1. The lowest BCUT2D eigenvalue weighted by Gasteiger charge is -2.11. The topological polar surface area (TPSA) is 50.7 Å². The van der Waals surface area contributed by atoms with E-state index in [9.17, 15) is 9.18 Å². The SMILES string of the molecule is O=C(COc1ccccc1Cc1ccccc1)N/N=C\c1ccc(F)cc1. The summed E-state index contributed by atoms with van der Waals surface area (Å²) in [5, 5.41) is 3.85. The van der Waals surface area contributed by atoms with E-state index in [4.69, 9.17) is 4.74 Å². The van der Waals surface area contributed by atoms with Gasteiger partial charge in [-0.2, -0.15) is 5.10 Å². The number of carbonyl (C=O) groups is 1. The Morgan fingerprint density at radius 3 is 2.44 bits per heavy atom. The monoisotopic (exact) mass is 362 g/mol. The number of para-hydroxylation sites is 1. The molecule has 0 bridgehead atoms. The Bertz CT molecular complexity index is 909. The van der Waals surface area contributed by atoms with Gasteiger partial charge in [-0.1, -0.05) is 60.7 Å². The summed E-state index contributed by atoms with van der Waals surface area (Å²) in [4.78, 5) is 11.9. The van der Waals surface area contributed by atoms with Gasteiger partial charge >= 0.3 is 0 Å². The summed E-state index contributed by atoms with van der Waals surface area (Å²) in [5.41, 5.74) is 5.26. The molecule has 4 nitrogen and oxygen atoms in total. The van der Waals surface area contributed by atoms with Gasteiger partial charge in [0.05, 0.1) is 6.21 Å². The molecule has 0 radical (unpaired) electrons. The molecule has 1 N–H and O–H groups in total. The average molecular weight is 362 g/mol. The van der Waals surface area contributed by atoms with Gasteiger partial charge in [0.1, 0.15) is 11.6 Å². The van der Waals surface area contributed by atoms with Crippen molar-refractivity contribution in [3.05, 3.63) is 101 Å². The lowest BCUT2D eigenvalue weighted by atomic mass is 10.0. The Labute approximate surface area is 157 Å². The van der Waals surface area contributed by atoms with E-state index in [0.29, 0.717) is 11.3 Å². The first-order chi connectivity index (χ1) is 13.2. The molecule has 0 heterocycles. The summed E-state index contributed by atoms with van der Waals surface area (Å²) in [7, 11) is 0. The van der Waals surface area contributed by atoms with Crippen molar-refractivity contribution in [2.24, 2.45) is 5.10 Å². The Hall–Kier alpha value is -3.47. The molecule has 0 aliphatic rings. The Morgan fingerprint density at radius 2 is 1.67 bits per heavy atom. The van der Waals surface area contributed by atoms with Gasteiger partial charge in [-0.05, 0) is 34.9 Å². The van der Waals surface area contributed by atoms with Crippen LogP contribution in [-0.4, -0.2) is 18.7 Å². The Balaban J connectivity index is 1.53. The van der Waals surface area contributed by atoms with Gasteiger partial charge in [0.2, 0.25) is 0 Å².